The number of nitrogens with one attached hydrogen (secondary N) is 1. The first-order chi connectivity index (χ1) is 7.78. The van der Waals surface area contributed by atoms with Crippen LogP contribution in [0.4, 0.5) is 11.6 Å². The fourth-order valence-electron chi connectivity index (χ4n) is 1.40. The fourth-order valence-corrected chi connectivity index (χ4v) is 1.40. The van der Waals surface area contributed by atoms with E-state index >= 15 is 0 Å². The molecule has 2 aromatic rings. The fraction of sp³-hybridized carbons (Fsp3) is 0.250. The molecule has 82 valence electrons. The van der Waals surface area contributed by atoms with E-state index in [4.69, 9.17) is 0 Å². The Balaban J connectivity index is 2.24. The summed E-state index contributed by atoms with van der Waals surface area (Å²) >= 11 is 0. The Morgan fingerprint density at radius 3 is 2.50 bits per heavy atom. The minimum atomic E-state index is 0.607. The van der Waals surface area contributed by atoms with Crippen LogP contribution in [0.5, 0.6) is 0 Å². The van der Waals surface area contributed by atoms with Crippen molar-refractivity contribution in [3.63, 3.8) is 0 Å². The molecule has 0 aliphatic carbocycles. The van der Waals surface area contributed by atoms with E-state index in [1.54, 1.807) is 0 Å². The van der Waals surface area contributed by atoms with Crippen LogP contribution >= 0.6 is 0 Å². The molecule has 1 N–H and O–H groups in total. The second-order valence-electron chi connectivity index (χ2n) is 3.47. The van der Waals surface area contributed by atoms with E-state index in [9.17, 15) is 0 Å². The first-order valence-corrected chi connectivity index (χ1v) is 5.31. The summed E-state index contributed by atoms with van der Waals surface area (Å²) in [4.78, 5) is 12.8. The number of aromatic nitrogens is 3. The normalized spacial score (nSPS) is 10.1. The first-order valence-electron chi connectivity index (χ1n) is 5.31. The predicted molar refractivity (Wildman–Crippen MR) is 63.7 cm³/mol. The van der Waals surface area contributed by atoms with Gasteiger partial charge in [-0.3, -0.25) is 0 Å². The van der Waals surface area contributed by atoms with Gasteiger partial charge in [-0.15, -0.1) is 0 Å². The van der Waals surface area contributed by atoms with Crippen LogP contribution < -0.4 is 5.32 Å². The number of benzene rings is 1. The molecule has 1 aromatic heterocycles. The van der Waals surface area contributed by atoms with Crippen molar-refractivity contribution in [2.45, 2.75) is 20.3 Å². The van der Waals surface area contributed by atoms with Crippen LogP contribution in [-0.4, -0.2) is 15.0 Å². The minimum absolute atomic E-state index is 0.607. The Hall–Kier alpha value is -1.97. The maximum Gasteiger partial charge on any atom is 0.230 e. The van der Waals surface area contributed by atoms with Crippen LogP contribution in [0.1, 0.15) is 18.6 Å². The molecule has 1 heterocycles. The van der Waals surface area contributed by atoms with E-state index < -0.39 is 0 Å². The highest BCUT2D eigenvalue weighted by Crippen LogP contribution is 2.11. The van der Waals surface area contributed by atoms with Crippen LogP contribution in [0.3, 0.4) is 0 Å². The second-order valence-corrected chi connectivity index (χ2v) is 3.47. The van der Waals surface area contributed by atoms with E-state index in [0.29, 0.717) is 5.95 Å². The van der Waals surface area contributed by atoms with Crippen molar-refractivity contribution in [3.8, 4) is 0 Å². The zero-order valence-corrected chi connectivity index (χ0v) is 9.44. The molecule has 4 heteroatoms. The average Bonchev–Trinajstić information content (AvgIpc) is 2.29. The molecule has 2 rings (SSSR count). The molecule has 0 aliphatic heterocycles. The van der Waals surface area contributed by atoms with Gasteiger partial charge in [0.2, 0.25) is 5.95 Å². The third-order valence-electron chi connectivity index (χ3n) is 2.14. The quantitative estimate of drug-likeness (QED) is 0.852. The Morgan fingerprint density at radius 1 is 1.06 bits per heavy atom. The molecular weight excluding hydrogens is 200 g/mol. The summed E-state index contributed by atoms with van der Waals surface area (Å²) in [6, 6.07) is 9.87. The number of anilines is 2. The van der Waals surface area contributed by atoms with Crippen molar-refractivity contribution in [1.29, 1.82) is 0 Å². The van der Waals surface area contributed by atoms with Gasteiger partial charge in [-0.1, -0.05) is 25.1 Å². The highest BCUT2D eigenvalue weighted by atomic mass is 15.2. The van der Waals surface area contributed by atoms with Crippen LogP contribution in [0.25, 0.3) is 0 Å². The lowest BCUT2D eigenvalue weighted by molar-refractivity contribution is 0.870. The monoisotopic (exact) mass is 214 g/mol. The molecule has 0 atom stereocenters. The van der Waals surface area contributed by atoms with Gasteiger partial charge in [-0.25, -0.2) is 4.98 Å². The number of nitrogens with zero attached hydrogens (tertiary/aromatic N) is 3. The smallest absolute Gasteiger partial charge is 0.230 e. The number of hydrogen-bond donors (Lipinski definition) is 1. The van der Waals surface area contributed by atoms with Crippen molar-refractivity contribution in [3.05, 3.63) is 42.0 Å². The van der Waals surface area contributed by atoms with Gasteiger partial charge in [0.25, 0.3) is 0 Å². The Kier molecular flexibility index (Phi) is 3.10. The number of aryl methyl sites for hydroxylation is 2. The number of para-hydroxylation sites is 1. The van der Waals surface area contributed by atoms with Crippen LogP contribution in [0, 0.1) is 6.92 Å². The van der Waals surface area contributed by atoms with Gasteiger partial charge in [-0.05, 0) is 19.1 Å². The van der Waals surface area contributed by atoms with Crippen molar-refractivity contribution >= 4 is 11.6 Å². The van der Waals surface area contributed by atoms with Gasteiger partial charge >= 0.3 is 0 Å². The van der Waals surface area contributed by atoms with Gasteiger partial charge < -0.3 is 5.32 Å². The van der Waals surface area contributed by atoms with Crippen molar-refractivity contribution in [1.82, 2.24) is 15.0 Å². The van der Waals surface area contributed by atoms with Gasteiger partial charge in [0.1, 0.15) is 11.6 Å². The van der Waals surface area contributed by atoms with Gasteiger partial charge in [0.15, 0.2) is 0 Å². The molecule has 0 fully saturated rings. The Morgan fingerprint density at radius 2 is 1.81 bits per heavy atom. The second kappa shape index (κ2) is 4.70. The minimum Gasteiger partial charge on any atom is -0.324 e. The number of rotatable bonds is 3. The van der Waals surface area contributed by atoms with Gasteiger partial charge in [0, 0.05) is 12.1 Å². The van der Waals surface area contributed by atoms with Crippen LogP contribution in [0.15, 0.2) is 30.3 Å². The summed E-state index contributed by atoms with van der Waals surface area (Å²) in [6.45, 7) is 3.90. The molecule has 0 saturated carbocycles. The average molecular weight is 214 g/mol. The van der Waals surface area contributed by atoms with E-state index in [1.807, 2.05) is 44.2 Å². The summed E-state index contributed by atoms with van der Waals surface area (Å²) < 4.78 is 0. The lowest BCUT2D eigenvalue weighted by Crippen LogP contribution is -2.04. The van der Waals surface area contributed by atoms with E-state index in [1.165, 1.54) is 0 Å². The molecule has 0 aliphatic rings. The highest BCUT2D eigenvalue weighted by Gasteiger charge is 2.02. The molecule has 0 saturated heterocycles. The summed E-state index contributed by atoms with van der Waals surface area (Å²) in [5.41, 5.74) is 0.982. The largest absolute Gasteiger partial charge is 0.324 e. The van der Waals surface area contributed by atoms with E-state index in [0.717, 1.165) is 23.8 Å². The Bertz CT molecular complexity index is 468. The Labute approximate surface area is 94.8 Å². The molecule has 0 spiro atoms. The lowest BCUT2D eigenvalue weighted by atomic mass is 10.3. The van der Waals surface area contributed by atoms with Crippen molar-refractivity contribution in [2.24, 2.45) is 0 Å². The molecule has 0 radical (unpaired) electrons. The summed E-state index contributed by atoms with van der Waals surface area (Å²) in [6.07, 6.45) is 0.812. The van der Waals surface area contributed by atoms with E-state index in [2.05, 4.69) is 20.3 Å². The molecule has 16 heavy (non-hydrogen) atoms. The third kappa shape index (κ3) is 2.53. The summed E-state index contributed by atoms with van der Waals surface area (Å²) in [5, 5.41) is 3.16. The topological polar surface area (TPSA) is 50.7 Å². The van der Waals surface area contributed by atoms with Crippen molar-refractivity contribution < 1.29 is 0 Å². The molecule has 0 unspecified atom stereocenters. The van der Waals surface area contributed by atoms with Crippen LogP contribution in [0.2, 0.25) is 0 Å². The van der Waals surface area contributed by atoms with Gasteiger partial charge in [-0.2, -0.15) is 9.97 Å². The predicted octanol–water partition coefficient (Wildman–Crippen LogP) is 2.49. The zero-order valence-electron chi connectivity index (χ0n) is 9.44. The summed E-state index contributed by atoms with van der Waals surface area (Å²) in [7, 11) is 0. The lowest BCUT2D eigenvalue weighted by Gasteiger charge is -2.06. The molecule has 0 amide bonds. The standard InChI is InChI=1S/C12H14N4/c1-3-11-13-9(2)14-12(16-11)15-10-7-5-4-6-8-10/h4-8H,3H2,1-2H3,(H,13,14,15,16). The maximum absolute atomic E-state index is 4.31. The SMILES string of the molecule is CCc1nc(C)nc(Nc2ccccc2)n1. The number of hydrogen-bond acceptors (Lipinski definition) is 4. The molecule has 4 nitrogen and oxygen atoms in total. The van der Waals surface area contributed by atoms with Crippen LogP contribution in [-0.2, 0) is 6.42 Å². The molecule has 1 aromatic carbocycles. The van der Waals surface area contributed by atoms with Crippen molar-refractivity contribution in [2.75, 3.05) is 5.32 Å². The third-order valence-corrected chi connectivity index (χ3v) is 2.14. The summed E-state index contributed by atoms with van der Waals surface area (Å²) in [5.74, 6) is 2.16. The first kappa shape index (κ1) is 10.5. The van der Waals surface area contributed by atoms with Gasteiger partial charge in [0.05, 0.1) is 0 Å². The molecular formula is C12H14N4. The van der Waals surface area contributed by atoms with E-state index in [-0.39, 0.29) is 0 Å². The molecule has 0 bridgehead atoms. The highest BCUT2D eigenvalue weighted by molar-refractivity contribution is 5.52. The maximum atomic E-state index is 4.31. The zero-order chi connectivity index (χ0) is 11.4.